The van der Waals surface area contributed by atoms with Crippen LogP contribution in [0.3, 0.4) is 0 Å². The SMILES string of the molecule is CN(Cc1ccco1)C(=O)C1(CN)CCCCC1. The molecule has 1 amide bonds. The molecule has 1 aliphatic carbocycles. The van der Waals surface area contributed by atoms with Gasteiger partial charge in [-0.1, -0.05) is 19.3 Å². The summed E-state index contributed by atoms with van der Waals surface area (Å²) in [6, 6.07) is 3.73. The summed E-state index contributed by atoms with van der Waals surface area (Å²) in [6.07, 6.45) is 6.91. The summed E-state index contributed by atoms with van der Waals surface area (Å²) in [5.41, 5.74) is 5.55. The van der Waals surface area contributed by atoms with Crippen LogP contribution in [0.4, 0.5) is 0 Å². The van der Waals surface area contributed by atoms with E-state index in [-0.39, 0.29) is 11.3 Å². The zero-order valence-corrected chi connectivity index (χ0v) is 11.0. The molecule has 4 nitrogen and oxygen atoms in total. The first-order valence-electron chi connectivity index (χ1n) is 6.66. The van der Waals surface area contributed by atoms with Gasteiger partial charge >= 0.3 is 0 Å². The molecule has 2 N–H and O–H groups in total. The lowest BCUT2D eigenvalue weighted by atomic mass is 9.73. The first-order chi connectivity index (χ1) is 8.68. The number of carbonyl (C=O) groups excluding carboxylic acids is 1. The number of furan rings is 1. The van der Waals surface area contributed by atoms with E-state index in [2.05, 4.69) is 0 Å². The zero-order chi connectivity index (χ0) is 13.0. The Labute approximate surface area is 108 Å². The topological polar surface area (TPSA) is 59.5 Å². The molecule has 0 saturated heterocycles. The van der Waals surface area contributed by atoms with Crippen LogP contribution in [-0.4, -0.2) is 24.4 Å². The molecule has 0 bridgehead atoms. The van der Waals surface area contributed by atoms with Crippen molar-refractivity contribution in [1.29, 1.82) is 0 Å². The predicted octanol–water partition coefficient (Wildman–Crippen LogP) is 2.15. The van der Waals surface area contributed by atoms with Gasteiger partial charge in [-0.3, -0.25) is 4.79 Å². The summed E-state index contributed by atoms with van der Waals surface area (Å²) in [7, 11) is 1.83. The molecule has 0 spiro atoms. The first-order valence-corrected chi connectivity index (χ1v) is 6.66. The Bertz CT molecular complexity index is 381. The van der Waals surface area contributed by atoms with E-state index in [1.165, 1.54) is 6.42 Å². The second-order valence-corrected chi connectivity index (χ2v) is 5.29. The molecule has 1 heterocycles. The maximum atomic E-state index is 12.6. The molecular weight excluding hydrogens is 228 g/mol. The van der Waals surface area contributed by atoms with Gasteiger partial charge in [-0.05, 0) is 25.0 Å². The third-order valence-corrected chi connectivity index (χ3v) is 3.97. The van der Waals surface area contributed by atoms with Crippen LogP contribution in [-0.2, 0) is 11.3 Å². The van der Waals surface area contributed by atoms with Gasteiger partial charge in [-0.25, -0.2) is 0 Å². The molecule has 0 aromatic carbocycles. The highest BCUT2D eigenvalue weighted by Crippen LogP contribution is 2.37. The normalized spacial score (nSPS) is 18.6. The molecular formula is C14H22N2O2. The molecule has 1 aliphatic rings. The molecule has 0 atom stereocenters. The standard InChI is InChI=1S/C14H22N2O2/c1-16(10-12-6-5-9-18-12)13(17)14(11-15)7-3-2-4-8-14/h5-6,9H,2-4,7-8,10-11,15H2,1H3. The fourth-order valence-corrected chi connectivity index (χ4v) is 2.85. The van der Waals surface area contributed by atoms with Gasteiger partial charge in [0.25, 0.3) is 0 Å². The van der Waals surface area contributed by atoms with Gasteiger partial charge in [0.05, 0.1) is 18.2 Å². The van der Waals surface area contributed by atoms with E-state index in [9.17, 15) is 4.79 Å². The van der Waals surface area contributed by atoms with Gasteiger partial charge in [-0.2, -0.15) is 0 Å². The summed E-state index contributed by atoms with van der Waals surface area (Å²) in [6.45, 7) is 0.974. The van der Waals surface area contributed by atoms with Crippen LogP contribution in [0.1, 0.15) is 37.9 Å². The number of carbonyl (C=O) groups is 1. The van der Waals surface area contributed by atoms with Crippen LogP contribution >= 0.6 is 0 Å². The largest absolute Gasteiger partial charge is 0.467 e. The number of rotatable bonds is 4. The lowest BCUT2D eigenvalue weighted by Gasteiger charge is -2.37. The molecule has 1 aromatic heterocycles. The molecule has 0 aliphatic heterocycles. The highest BCUT2D eigenvalue weighted by Gasteiger charge is 2.39. The van der Waals surface area contributed by atoms with Crippen molar-refractivity contribution in [3.8, 4) is 0 Å². The molecule has 100 valence electrons. The van der Waals surface area contributed by atoms with Gasteiger partial charge in [0, 0.05) is 13.6 Å². The van der Waals surface area contributed by atoms with Crippen molar-refractivity contribution in [2.45, 2.75) is 38.6 Å². The summed E-state index contributed by atoms with van der Waals surface area (Å²) in [5, 5.41) is 0. The average molecular weight is 250 g/mol. The number of nitrogens with two attached hydrogens (primary N) is 1. The Morgan fingerprint density at radius 1 is 1.44 bits per heavy atom. The maximum Gasteiger partial charge on any atom is 0.230 e. The van der Waals surface area contributed by atoms with Crippen molar-refractivity contribution in [2.24, 2.45) is 11.1 Å². The Morgan fingerprint density at radius 3 is 2.72 bits per heavy atom. The van der Waals surface area contributed by atoms with E-state index in [0.29, 0.717) is 13.1 Å². The van der Waals surface area contributed by atoms with Crippen LogP contribution in [0.2, 0.25) is 0 Å². The summed E-state index contributed by atoms with van der Waals surface area (Å²) in [5.74, 6) is 0.981. The highest BCUT2D eigenvalue weighted by atomic mass is 16.3. The Morgan fingerprint density at radius 2 is 2.17 bits per heavy atom. The van der Waals surface area contributed by atoms with Crippen molar-refractivity contribution in [2.75, 3.05) is 13.6 Å². The van der Waals surface area contributed by atoms with E-state index >= 15 is 0 Å². The van der Waals surface area contributed by atoms with E-state index in [1.807, 2.05) is 19.2 Å². The van der Waals surface area contributed by atoms with E-state index < -0.39 is 0 Å². The molecule has 1 saturated carbocycles. The zero-order valence-electron chi connectivity index (χ0n) is 11.0. The minimum Gasteiger partial charge on any atom is -0.467 e. The van der Waals surface area contributed by atoms with Crippen LogP contribution in [0.15, 0.2) is 22.8 Å². The summed E-state index contributed by atoms with van der Waals surface area (Å²) < 4.78 is 5.28. The van der Waals surface area contributed by atoms with Crippen LogP contribution in [0, 0.1) is 5.41 Å². The first kappa shape index (κ1) is 13.1. The van der Waals surface area contributed by atoms with Crippen molar-refractivity contribution >= 4 is 5.91 Å². The summed E-state index contributed by atoms with van der Waals surface area (Å²) in [4.78, 5) is 14.3. The van der Waals surface area contributed by atoms with Gasteiger partial charge in [0.15, 0.2) is 0 Å². The van der Waals surface area contributed by atoms with E-state index in [4.69, 9.17) is 10.2 Å². The average Bonchev–Trinajstić information content (AvgIpc) is 2.91. The van der Waals surface area contributed by atoms with Gasteiger partial charge in [0.1, 0.15) is 5.76 Å². The van der Waals surface area contributed by atoms with Crippen molar-refractivity contribution in [1.82, 2.24) is 4.90 Å². The Hall–Kier alpha value is -1.29. The highest BCUT2D eigenvalue weighted by molar-refractivity contribution is 5.82. The quantitative estimate of drug-likeness (QED) is 0.890. The third kappa shape index (κ3) is 2.58. The van der Waals surface area contributed by atoms with Gasteiger partial charge in [-0.15, -0.1) is 0 Å². The van der Waals surface area contributed by atoms with Crippen LogP contribution < -0.4 is 5.73 Å². The van der Waals surface area contributed by atoms with Crippen molar-refractivity contribution in [3.63, 3.8) is 0 Å². The molecule has 1 aromatic rings. The molecule has 1 fully saturated rings. The number of amides is 1. The smallest absolute Gasteiger partial charge is 0.230 e. The van der Waals surface area contributed by atoms with Crippen molar-refractivity contribution in [3.05, 3.63) is 24.2 Å². The van der Waals surface area contributed by atoms with Crippen LogP contribution in [0.5, 0.6) is 0 Å². The fourth-order valence-electron chi connectivity index (χ4n) is 2.85. The van der Waals surface area contributed by atoms with Gasteiger partial charge < -0.3 is 15.1 Å². The molecule has 0 unspecified atom stereocenters. The van der Waals surface area contributed by atoms with Crippen molar-refractivity contribution < 1.29 is 9.21 Å². The lowest BCUT2D eigenvalue weighted by molar-refractivity contribution is -0.143. The predicted molar refractivity (Wildman–Crippen MR) is 69.8 cm³/mol. The molecule has 18 heavy (non-hydrogen) atoms. The number of nitrogens with zero attached hydrogens (tertiary/aromatic N) is 1. The second kappa shape index (κ2) is 5.57. The molecule has 2 rings (SSSR count). The van der Waals surface area contributed by atoms with E-state index in [1.54, 1.807) is 11.2 Å². The number of hydrogen-bond donors (Lipinski definition) is 1. The fraction of sp³-hybridized carbons (Fsp3) is 0.643. The maximum absolute atomic E-state index is 12.6. The number of hydrogen-bond acceptors (Lipinski definition) is 3. The third-order valence-electron chi connectivity index (χ3n) is 3.97. The Kier molecular flexibility index (Phi) is 4.07. The molecule has 4 heteroatoms. The summed E-state index contributed by atoms with van der Waals surface area (Å²) >= 11 is 0. The Balaban J connectivity index is 2.04. The monoisotopic (exact) mass is 250 g/mol. The van der Waals surface area contributed by atoms with Crippen LogP contribution in [0.25, 0.3) is 0 Å². The minimum absolute atomic E-state index is 0.168. The lowest BCUT2D eigenvalue weighted by Crippen LogP contribution is -2.47. The van der Waals surface area contributed by atoms with Gasteiger partial charge in [0.2, 0.25) is 5.91 Å². The minimum atomic E-state index is -0.334. The molecule has 0 radical (unpaired) electrons. The second-order valence-electron chi connectivity index (χ2n) is 5.29. The van der Waals surface area contributed by atoms with E-state index in [0.717, 1.165) is 31.4 Å².